The van der Waals surface area contributed by atoms with Gasteiger partial charge in [0.2, 0.25) is 0 Å². The zero-order valence-corrected chi connectivity index (χ0v) is 17.7. The van der Waals surface area contributed by atoms with E-state index in [-0.39, 0.29) is 0 Å². The molecule has 0 atom stereocenters. The molecule has 0 bridgehead atoms. The summed E-state index contributed by atoms with van der Waals surface area (Å²) in [4.78, 5) is 0. The van der Waals surface area contributed by atoms with E-state index in [1.807, 2.05) is 84.9 Å². The molecule has 0 radical (unpaired) electrons. The van der Waals surface area contributed by atoms with Crippen molar-refractivity contribution in [3.63, 3.8) is 0 Å². The quantitative estimate of drug-likeness (QED) is 0.284. The fourth-order valence-corrected chi connectivity index (χ4v) is 2.14. The summed E-state index contributed by atoms with van der Waals surface area (Å²) < 4.78 is 0. The van der Waals surface area contributed by atoms with Gasteiger partial charge < -0.3 is 0 Å². The summed E-state index contributed by atoms with van der Waals surface area (Å²) in [5.74, 6) is 0. The van der Waals surface area contributed by atoms with Gasteiger partial charge in [0.05, 0.1) is 0 Å². The Morgan fingerprint density at radius 3 is 0.893 bits per heavy atom. The van der Waals surface area contributed by atoms with Crippen LogP contribution >= 0.6 is 11.6 Å². The van der Waals surface area contributed by atoms with Crippen molar-refractivity contribution in [3.8, 4) is 0 Å². The van der Waals surface area contributed by atoms with Crippen LogP contribution in [-0.2, 0) is 0 Å². The summed E-state index contributed by atoms with van der Waals surface area (Å²) in [6, 6.07) is 40.1. The molecule has 0 aliphatic rings. The Kier molecular flexibility index (Phi) is 12.6. The van der Waals surface area contributed by atoms with Crippen molar-refractivity contribution < 1.29 is 0 Å². The molecule has 0 aliphatic carbocycles. The molecule has 0 spiro atoms. The van der Waals surface area contributed by atoms with Gasteiger partial charge in [-0.3, -0.25) is 0 Å². The van der Waals surface area contributed by atoms with Crippen LogP contribution in [0.5, 0.6) is 0 Å². The molecule has 0 heterocycles. The molecule has 0 aliphatic heterocycles. The van der Waals surface area contributed by atoms with Crippen LogP contribution in [0.2, 0.25) is 5.02 Å². The monoisotopic (exact) mass is 388 g/mol. The van der Waals surface area contributed by atoms with Crippen LogP contribution in [0.25, 0.3) is 0 Å². The van der Waals surface area contributed by atoms with Crippen molar-refractivity contribution in [2.45, 2.75) is 20.8 Å². The molecule has 28 heavy (non-hydrogen) atoms. The molecule has 0 aromatic heterocycles. The van der Waals surface area contributed by atoms with E-state index < -0.39 is 0 Å². The van der Waals surface area contributed by atoms with E-state index in [1.165, 1.54) is 16.7 Å². The standard InChI is InChI=1S/C8H10.C7H8.C6H5Cl.C6H6/c1-7-5-3-4-6-8(7)2;1-7-5-3-2-4-6-7;7-6-4-2-1-3-5-6;1-2-4-6-5-3-1/h3-6H,1-2H3;2-6H,1H3;1-5H;1-6H. The topological polar surface area (TPSA) is 0 Å². The van der Waals surface area contributed by atoms with Crippen molar-refractivity contribution in [2.24, 2.45) is 0 Å². The zero-order valence-electron chi connectivity index (χ0n) is 16.9. The van der Waals surface area contributed by atoms with Crippen LogP contribution in [-0.4, -0.2) is 0 Å². The first-order chi connectivity index (χ1) is 13.6. The van der Waals surface area contributed by atoms with Gasteiger partial charge in [0.1, 0.15) is 0 Å². The first kappa shape index (κ1) is 23.2. The van der Waals surface area contributed by atoms with Crippen LogP contribution in [0, 0.1) is 20.8 Å². The largest absolute Gasteiger partial charge is 0.0843 e. The van der Waals surface area contributed by atoms with Gasteiger partial charge in [-0.05, 0) is 44.0 Å². The van der Waals surface area contributed by atoms with Crippen molar-refractivity contribution in [2.75, 3.05) is 0 Å². The Morgan fingerprint density at radius 1 is 0.393 bits per heavy atom. The molecule has 0 N–H and O–H groups in total. The van der Waals surface area contributed by atoms with Gasteiger partial charge in [-0.25, -0.2) is 0 Å². The highest BCUT2D eigenvalue weighted by atomic mass is 35.5. The van der Waals surface area contributed by atoms with E-state index in [1.54, 1.807) is 0 Å². The number of benzene rings is 4. The molecule has 0 amide bonds. The fraction of sp³-hybridized carbons (Fsp3) is 0.111. The maximum atomic E-state index is 5.54. The van der Waals surface area contributed by atoms with E-state index in [4.69, 9.17) is 11.6 Å². The van der Waals surface area contributed by atoms with Gasteiger partial charge >= 0.3 is 0 Å². The van der Waals surface area contributed by atoms with E-state index in [0.29, 0.717) is 0 Å². The van der Waals surface area contributed by atoms with Crippen molar-refractivity contribution in [1.82, 2.24) is 0 Å². The Hall–Kier alpha value is -2.83. The molecule has 4 rings (SSSR count). The summed E-state index contributed by atoms with van der Waals surface area (Å²) in [6.07, 6.45) is 0. The molecule has 0 nitrogen and oxygen atoms in total. The number of rotatable bonds is 0. The summed E-state index contributed by atoms with van der Waals surface area (Å²) >= 11 is 5.54. The molecule has 4 aromatic carbocycles. The molecule has 0 fully saturated rings. The minimum absolute atomic E-state index is 0.794. The molecular formula is C27H29Cl. The average molecular weight is 389 g/mol. The number of hydrogen-bond donors (Lipinski definition) is 0. The van der Waals surface area contributed by atoms with Crippen LogP contribution in [0.15, 0.2) is 121 Å². The second kappa shape index (κ2) is 15.2. The highest BCUT2D eigenvalue weighted by Crippen LogP contribution is 2.03. The molecule has 0 saturated heterocycles. The molecule has 0 saturated carbocycles. The minimum Gasteiger partial charge on any atom is -0.0843 e. The van der Waals surface area contributed by atoms with Gasteiger partial charge in [0.15, 0.2) is 0 Å². The van der Waals surface area contributed by atoms with Gasteiger partial charge in [-0.2, -0.15) is 0 Å². The molecular weight excluding hydrogens is 360 g/mol. The van der Waals surface area contributed by atoms with Crippen molar-refractivity contribution in [3.05, 3.63) is 143 Å². The third-order valence-electron chi connectivity index (χ3n) is 3.77. The van der Waals surface area contributed by atoms with E-state index in [2.05, 4.69) is 57.2 Å². The summed E-state index contributed by atoms with van der Waals surface area (Å²) in [5, 5.41) is 0.794. The van der Waals surface area contributed by atoms with Crippen LogP contribution in [0.3, 0.4) is 0 Å². The lowest BCUT2D eigenvalue weighted by molar-refractivity contribution is 1.34. The smallest absolute Gasteiger partial charge is 0.0405 e. The Morgan fingerprint density at radius 2 is 0.679 bits per heavy atom. The van der Waals surface area contributed by atoms with E-state index in [9.17, 15) is 0 Å². The highest BCUT2D eigenvalue weighted by Gasteiger charge is 1.83. The maximum Gasteiger partial charge on any atom is 0.0405 e. The van der Waals surface area contributed by atoms with Gasteiger partial charge in [0.25, 0.3) is 0 Å². The molecule has 0 unspecified atom stereocenters. The predicted molar refractivity (Wildman–Crippen MR) is 125 cm³/mol. The van der Waals surface area contributed by atoms with Crippen LogP contribution in [0.4, 0.5) is 0 Å². The Bertz CT molecular complexity index is 755. The summed E-state index contributed by atoms with van der Waals surface area (Å²) in [7, 11) is 0. The van der Waals surface area contributed by atoms with Gasteiger partial charge in [0, 0.05) is 5.02 Å². The lowest BCUT2D eigenvalue weighted by atomic mass is 10.1. The van der Waals surface area contributed by atoms with Crippen molar-refractivity contribution >= 4 is 11.6 Å². The SMILES string of the molecule is Cc1ccccc1.Cc1ccccc1C.Clc1ccccc1.c1ccccc1. The van der Waals surface area contributed by atoms with E-state index in [0.717, 1.165) is 5.02 Å². The third-order valence-corrected chi connectivity index (χ3v) is 4.02. The lowest BCUT2D eigenvalue weighted by Crippen LogP contribution is -1.74. The normalized spacial score (nSPS) is 8.71. The summed E-state index contributed by atoms with van der Waals surface area (Å²) in [6.45, 7) is 6.32. The second-order valence-electron chi connectivity index (χ2n) is 6.19. The summed E-state index contributed by atoms with van der Waals surface area (Å²) in [5.41, 5.74) is 4.06. The molecule has 1 heteroatoms. The minimum atomic E-state index is 0.794. The van der Waals surface area contributed by atoms with E-state index >= 15 is 0 Å². The molecule has 4 aromatic rings. The second-order valence-corrected chi connectivity index (χ2v) is 6.63. The Labute approximate surface area is 175 Å². The van der Waals surface area contributed by atoms with Crippen LogP contribution < -0.4 is 0 Å². The fourth-order valence-electron chi connectivity index (χ4n) is 2.00. The molecule has 144 valence electrons. The predicted octanol–water partition coefficient (Wildman–Crippen LogP) is 8.33. The highest BCUT2D eigenvalue weighted by molar-refractivity contribution is 6.30. The van der Waals surface area contributed by atoms with Gasteiger partial charge in [-0.1, -0.05) is 126 Å². The maximum absolute atomic E-state index is 5.54. The number of hydrogen-bond acceptors (Lipinski definition) is 0. The van der Waals surface area contributed by atoms with Crippen molar-refractivity contribution in [1.29, 1.82) is 0 Å². The van der Waals surface area contributed by atoms with Crippen LogP contribution in [0.1, 0.15) is 16.7 Å². The van der Waals surface area contributed by atoms with Gasteiger partial charge in [-0.15, -0.1) is 0 Å². The first-order valence-corrected chi connectivity index (χ1v) is 9.72. The number of halogens is 1. The zero-order chi connectivity index (χ0) is 20.5. The Balaban J connectivity index is 0.000000188. The first-order valence-electron chi connectivity index (χ1n) is 9.34. The number of aryl methyl sites for hydroxylation is 3. The third kappa shape index (κ3) is 12.5. The average Bonchev–Trinajstić information content (AvgIpc) is 2.74. The lowest BCUT2D eigenvalue weighted by Gasteiger charge is -1.93.